The van der Waals surface area contributed by atoms with Crippen molar-refractivity contribution in [3.8, 4) is 0 Å². The molecule has 1 unspecified atom stereocenters. The second-order valence-corrected chi connectivity index (χ2v) is 7.13. The smallest absolute Gasteiger partial charge is 0.0425 e. The van der Waals surface area contributed by atoms with Gasteiger partial charge in [0.2, 0.25) is 0 Å². The van der Waals surface area contributed by atoms with E-state index in [1.54, 1.807) is 0 Å². The largest absolute Gasteiger partial charge is 0.371 e. The van der Waals surface area contributed by atoms with Crippen LogP contribution in [0.5, 0.6) is 0 Å². The van der Waals surface area contributed by atoms with Gasteiger partial charge in [-0.05, 0) is 56.3 Å². The molecule has 1 atom stereocenters. The Morgan fingerprint density at radius 3 is 2.62 bits per heavy atom. The van der Waals surface area contributed by atoms with Crippen LogP contribution in [-0.2, 0) is 0 Å². The zero-order valence-electron chi connectivity index (χ0n) is 13.7. The van der Waals surface area contributed by atoms with Crippen LogP contribution < -0.4 is 10.2 Å². The van der Waals surface area contributed by atoms with Crippen LogP contribution in [0.15, 0.2) is 22.7 Å². The average molecular weight is 353 g/mol. The van der Waals surface area contributed by atoms with E-state index in [0.717, 1.165) is 12.5 Å². The third kappa shape index (κ3) is 4.46. The lowest BCUT2D eigenvalue weighted by atomic mass is 9.93. The maximum absolute atomic E-state index is 3.64. The number of nitrogens with one attached hydrogen (secondary N) is 1. The molecule has 0 amide bonds. The molecular formula is C18H29BrN2. The first-order valence-corrected chi connectivity index (χ1v) is 9.22. The van der Waals surface area contributed by atoms with Gasteiger partial charge in [0.15, 0.2) is 0 Å². The van der Waals surface area contributed by atoms with Crippen molar-refractivity contribution in [2.75, 3.05) is 24.5 Å². The van der Waals surface area contributed by atoms with Gasteiger partial charge in [0.05, 0.1) is 0 Å². The van der Waals surface area contributed by atoms with E-state index >= 15 is 0 Å². The molecule has 118 valence electrons. The Labute approximate surface area is 138 Å². The molecule has 1 heterocycles. The Bertz CT molecular complexity index is 439. The lowest BCUT2D eigenvalue weighted by Crippen LogP contribution is -2.35. The van der Waals surface area contributed by atoms with Crippen molar-refractivity contribution in [1.82, 2.24) is 5.32 Å². The quantitative estimate of drug-likeness (QED) is 0.762. The minimum absolute atomic E-state index is 0.414. The molecule has 0 aromatic heterocycles. The zero-order valence-corrected chi connectivity index (χ0v) is 15.2. The van der Waals surface area contributed by atoms with E-state index in [2.05, 4.69) is 65.1 Å². The van der Waals surface area contributed by atoms with Crippen molar-refractivity contribution >= 4 is 21.6 Å². The van der Waals surface area contributed by atoms with E-state index in [4.69, 9.17) is 0 Å². The summed E-state index contributed by atoms with van der Waals surface area (Å²) in [7, 11) is 0. The fourth-order valence-electron chi connectivity index (χ4n) is 3.21. The van der Waals surface area contributed by atoms with Gasteiger partial charge in [0.25, 0.3) is 0 Å². The normalized spacial score (nSPS) is 18.0. The number of hydrogen-bond donors (Lipinski definition) is 1. The van der Waals surface area contributed by atoms with Crippen LogP contribution in [0, 0.1) is 5.92 Å². The van der Waals surface area contributed by atoms with E-state index in [1.165, 1.54) is 54.5 Å². The molecular weight excluding hydrogens is 324 g/mol. The van der Waals surface area contributed by atoms with Crippen LogP contribution in [0.25, 0.3) is 0 Å². The molecule has 0 spiro atoms. The number of benzene rings is 1. The monoisotopic (exact) mass is 352 g/mol. The highest BCUT2D eigenvalue weighted by atomic mass is 79.9. The van der Waals surface area contributed by atoms with Gasteiger partial charge in [0, 0.05) is 29.3 Å². The number of rotatable bonds is 6. The fraction of sp³-hybridized carbons (Fsp3) is 0.667. The molecule has 1 aromatic carbocycles. The third-order valence-electron chi connectivity index (χ3n) is 4.69. The van der Waals surface area contributed by atoms with Crippen LogP contribution in [0.1, 0.15) is 58.1 Å². The number of anilines is 1. The SMILES string of the molecule is CCCNC(C)c1ccc(Br)cc1N1CCC(CC)CC1. The second kappa shape index (κ2) is 8.19. The number of halogens is 1. The number of hydrogen-bond acceptors (Lipinski definition) is 2. The van der Waals surface area contributed by atoms with Gasteiger partial charge in [-0.1, -0.05) is 42.3 Å². The Balaban J connectivity index is 2.15. The Morgan fingerprint density at radius 2 is 2.00 bits per heavy atom. The molecule has 1 aromatic rings. The maximum Gasteiger partial charge on any atom is 0.0425 e. The van der Waals surface area contributed by atoms with Crippen LogP contribution in [0.3, 0.4) is 0 Å². The van der Waals surface area contributed by atoms with E-state index in [-0.39, 0.29) is 0 Å². The first kappa shape index (κ1) is 16.8. The fourth-order valence-corrected chi connectivity index (χ4v) is 3.56. The molecule has 0 saturated carbocycles. The highest BCUT2D eigenvalue weighted by Crippen LogP contribution is 2.33. The molecule has 0 aliphatic carbocycles. The van der Waals surface area contributed by atoms with Crippen molar-refractivity contribution in [3.05, 3.63) is 28.2 Å². The van der Waals surface area contributed by atoms with Crippen LogP contribution in [-0.4, -0.2) is 19.6 Å². The summed E-state index contributed by atoms with van der Waals surface area (Å²) in [6, 6.07) is 7.16. The van der Waals surface area contributed by atoms with Gasteiger partial charge in [-0.15, -0.1) is 0 Å². The van der Waals surface area contributed by atoms with Gasteiger partial charge >= 0.3 is 0 Å². The molecule has 2 rings (SSSR count). The van der Waals surface area contributed by atoms with Crippen molar-refractivity contribution < 1.29 is 0 Å². The van der Waals surface area contributed by atoms with Crippen molar-refractivity contribution in [3.63, 3.8) is 0 Å². The average Bonchev–Trinajstić information content (AvgIpc) is 2.52. The van der Waals surface area contributed by atoms with Crippen LogP contribution >= 0.6 is 15.9 Å². The van der Waals surface area contributed by atoms with E-state index in [1.807, 2.05) is 0 Å². The number of piperidine rings is 1. The molecule has 1 fully saturated rings. The highest BCUT2D eigenvalue weighted by molar-refractivity contribution is 9.10. The minimum atomic E-state index is 0.414. The van der Waals surface area contributed by atoms with E-state index in [0.29, 0.717) is 6.04 Å². The molecule has 21 heavy (non-hydrogen) atoms. The topological polar surface area (TPSA) is 15.3 Å². The standard InChI is InChI=1S/C18H29BrN2/c1-4-10-20-14(3)17-7-6-16(19)13-18(17)21-11-8-15(5-2)9-12-21/h6-7,13-15,20H,4-5,8-12H2,1-3H3. The predicted molar refractivity (Wildman–Crippen MR) is 96.1 cm³/mol. The summed E-state index contributed by atoms with van der Waals surface area (Å²) in [4.78, 5) is 2.58. The van der Waals surface area contributed by atoms with Gasteiger partial charge in [-0.25, -0.2) is 0 Å². The van der Waals surface area contributed by atoms with Gasteiger partial charge in [-0.3, -0.25) is 0 Å². The highest BCUT2D eigenvalue weighted by Gasteiger charge is 2.21. The summed E-state index contributed by atoms with van der Waals surface area (Å²) in [5.74, 6) is 0.924. The summed E-state index contributed by atoms with van der Waals surface area (Å²) in [5.41, 5.74) is 2.84. The van der Waals surface area contributed by atoms with Crippen LogP contribution in [0.4, 0.5) is 5.69 Å². The summed E-state index contributed by atoms with van der Waals surface area (Å²) >= 11 is 3.64. The summed E-state index contributed by atoms with van der Waals surface area (Å²) in [6.07, 6.45) is 5.17. The molecule has 1 aliphatic heterocycles. The zero-order chi connectivity index (χ0) is 15.2. The van der Waals surface area contributed by atoms with E-state index < -0.39 is 0 Å². The summed E-state index contributed by atoms with van der Waals surface area (Å²) in [6.45, 7) is 10.3. The van der Waals surface area contributed by atoms with E-state index in [9.17, 15) is 0 Å². The maximum atomic E-state index is 3.64. The molecule has 1 saturated heterocycles. The number of nitrogens with zero attached hydrogens (tertiary/aromatic N) is 1. The molecule has 0 bridgehead atoms. The molecule has 1 aliphatic rings. The first-order chi connectivity index (χ1) is 10.2. The van der Waals surface area contributed by atoms with Crippen molar-refractivity contribution in [2.24, 2.45) is 5.92 Å². The summed E-state index contributed by atoms with van der Waals surface area (Å²) in [5, 5.41) is 3.63. The second-order valence-electron chi connectivity index (χ2n) is 6.22. The molecule has 2 nitrogen and oxygen atoms in total. The predicted octanol–water partition coefficient (Wildman–Crippen LogP) is 5.14. The lowest BCUT2D eigenvalue weighted by molar-refractivity contribution is 0.394. The van der Waals surface area contributed by atoms with Gasteiger partial charge in [0.1, 0.15) is 0 Å². The van der Waals surface area contributed by atoms with Crippen LogP contribution in [0.2, 0.25) is 0 Å². The Morgan fingerprint density at radius 1 is 1.29 bits per heavy atom. The van der Waals surface area contributed by atoms with Crippen molar-refractivity contribution in [2.45, 2.75) is 52.5 Å². The molecule has 0 radical (unpaired) electrons. The van der Waals surface area contributed by atoms with Gasteiger partial charge < -0.3 is 10.2 Å². The minimum Gasteiger partial charge on any atom is -0.371 e. The Kier molecular flexibility index (Phi) is 6.56. The third-order valence-corrected chi connectivity index (χ3v) is 5.19. The molecule has 1 N–H and O–H groups in total. The van der Waals surface area contributed by atoms with Crippen molar-refractivity contribution in [1.29, 1.82) is 0 Å². The van der Waals surface area contributed by atoms with Gasteiger partial charge in [-0.2, -0.15) is 0 Å². The lowest BCUT2D eigenvalue weighted by Gasteiger charge is -2.35. The first-order valence-electron chi connectivity index (χ1n) is 8.43. The molecule has 3 heteroatoms. The summed E-state index contributed by atoms with van der Waals surface area (Å²) < 4.78 is 1.18. The Hall–Kier alpha value is -0.540.